The van der Waals surface area contributed by atoms with Crippen LogP contribution in [0.15, 0.2) is 36.9 Å². The quantitative estimate of drug-likeness (QED) is 0.429. The maximum Gasteiger partial charge on any atom is 0.335 e. The van der Waals surface area contributed by atoms with Crippen LogP contribution in [-0.4, -0.2) is 30.2 Å². The van der Waals surface area contributed by atoms with E-state index in [0.717, 1.165) is 12.8 Å². The lowest BCUT2D eigenvalue weighted by molar-refractivity contribution is 0.0697. The Morgan fingerprint density at radius 1 is 1.26 bits per heavy atom. The molecule has 5 heteroatoms. The number of carboxylic acid groups (broad SMARTS) is 1. The summed E-state index contributed by atoms with van der Waals surface area (Å²) in [4.78, 5) is 10.6. The highest BCUT2D eigenvalue weighted by Gasteiger charge is 2.01. The van der Waals surface area contributed by atoms with E-state index in [0.29, 0.717) is 19.0 Å². The number of unbranched alkanes of at least 4 members (excludes halogenated alkanes) is 1. The van der Waals surface area contributed by atoms with Crippen LogP contribution in [0, 0.1) is 5.41 Å². The zero-order valence-corrected chi connectivity index (χ0v) is 10.6. The maximum atomic E-state index is 10.6. The average molecular weight is 263 g/mol. The van der Waals surface area contributed by atoms with Crippen molar-refractivity contribution in [3.05, 3.63) is 42.5 Å². The Morgan fingerprint density at radius 2 is 1.89 bits per heavy atom. The molecule has 0 spiro atoms. The van der Waals surface area contributed by atoms with E-state index in [2.05, 4.69) is 6.58 Å². The molecule has 1 aromatic carbocycles. The van der Waals surface area contributed by atoms with Gasteiger partial charge in [-0.25, -0.2) is 4.79 Å². The van der Waals surface area contributed by atoms with Crippen molar-refractivity contribution in [2.45, 2.75) is 12.8 Å². The van der Waals surface area contributed by atoms with Gasteiger partial charge in [-0.1, -0.05) is 6.58 Å². The first kappa shape index (κ1) is 14.8. The summed E-state index contributed by atoms with van der Waals surface area (Å²) in [7, 11) is 0. The Hall–Kier alpha value is -2.30. The number of carbonyl (C=O) groups is 1. The summed E-state index contributed by atoms with van der Waals surface area (Å²) >= 11 is 0. The van der Waals surface area contributed by atoms with Crippen molar-refractivity contribution in [3.8, 4) is 5.75 Å². The average Bonchev–Trinajstić information content (AvgIpc) is 2.42. The first-order valence-corrected chi connectivity index (χ1v) is 5.93. The molecule has 0 aromatic heterocycles. The third-order valence-electron chi connectivity index (χ3n) is 2.35. The van der Waals surface area contributed by atoms with Gasteiger partial charge in [-0.15, -0.1) is 0 Å². The van der Waals surface area contributed by atoms with E-state index in [-0.39, 0.29) is 11.5 Å². The second-order valence-corrected chi connectivity index (χ2v) is 3.80. The normalized spacial score (nSPS) is 9.68. The molecule has 0 heterocycles. The number of ether oxygens (including phenoxy) is 2. The second kappa shape index (κ2) is 7.92. The number of carboxylic acids is 1. The van der Waals surface area contributed by atoms with E-state index in [1.54, 1.807) is 12.1 Å². The number of rotatable bonds is 8. The highest BCUT2D eigenvalue weighted by molar-refractivity contribution is 5.87. The van der Waals surface area contributed by atoms with Crippen LogP contribution >= 0.6 is 0 Å². The van der Waals surface area contributed by atoms with Gasteiger partial charge in [-0.3, -0.25) is 5.41 Å². The largest absolute Gasteiger partial charge is 0.494 e. The standard InChI is InChI=1S/C14H17NO4/c1-2-13(15)19-10-4-3-9-18-12-7-5-11(6-8-12)14(16)17/h2,5-8,15H,1,3-4,9-10H2,(H,16,17). The fraction of sp³-hybridized carbons (Fsp3) is 0.286. The van der Waals surface area contributed by atoms with E-state index < -0.39 is 5.97 Å². The van der Waals surface area contributed by atoms with Crippen LogP contribution in [0.3, 0.4) is 0 Å². The van der Waals surface area contributed by atoms with Gasteiger partial charge in [0.2, 0.25) is 5.90 Å². The summed E-state index contributed by atoms with van der Waals surface area (Å²) in [6.45, 7) is 4.41. The van der Waals surface area contributed by atoms with E-state index in [9.17, 15) is 4.79 Å². The molecule has 0 atom stereocenters. The molecule has 0 unspecified atom stereocenters. The smallest absolute Gasteiger partial charge is 0.335 e. The van der Waals surface area contributed by atoms with Gasteiger partial charge in [0.1, 0.15) is 5.75 Å². The van der Waals surface area contributed by atoms with Crippen molar-refractivity contribution in [1.82, 2.24) is 0 Å². The molecule has 1 aromatic rings. The maximum absolute atomic E-state index is 10.6. The van der Waals surface area contributed by atoms with Crippen LogP contribution in [0.4, 0.5) is 0 Å². The number of aromatic carboxylic acids is 1. The third kappa shape index (κ3) is 5.72. The lowest BCUT2D eigenvalue weighted by Crippen LogP contribution is -2.04. The molecule has 1 rings (SSSR count). The highest BCUT2D eigenvalue weighted by Crippen LogP contribution is 2.12. The predicted octanol–water partition coefficient (Wildman–Crippen LogP) is 2.72. The third-order valence-corrected chi connectivity index (χ3v) is 2.35. The molecule has 102 valence electrons. The first-order valence-electron chi connectivity index (χ1n) is 5.93. The van der Waals surface area contributed by atoms with Crippen LogP contribution in [0.1, 0.15) is 23.2 Å². The Labute approximate surface area is 112 Å². The molecule has 0 radical (unpaired) electrons. The lowest BCUT2D eigenvalue weighted by Gasteiger charge is -2.07. The van der Waals surface area contributed by atoms with Crippen molar-refractivity contribution in [1.29, 1.82) is 5.41 Å². The van der Waals surface area contributed by atoms with E-state index in [1.807, 2.05) is 0 Å². The van der Waals surface area contributed by atoms with E-state index in [4.69, 9.17) is 20.0 Å². The lowest BCUT2D eigenvalue weighted by atomic mass is 10.2. The van der Waals surface area contributed by atoms with Crippen molar-refractivity contribution < 1.29 is 19.4 Å². The van der Waals surface area contributed by atoms with Crippen molar-refractivity contribution in [2.75, 3.05) is 13.2 Å². The van der Waals surface area contributed by atoms with Crippen molar-refractivity contribution in [3.63, 3.8) is 0 Å². The van der Waals surface area contributed by atoms with Gasteiger partial charge in [-0.05, 0) is 43.2 Å². The fourth-order valence-electron chi connectivity index (χ4n) is 1.33. The van der Waals surface area contributed by atoms with Crippen LogP contribution in [0.5, 0.6) is 5.75 Å². The number of hydrogen-bond acceptors (Lipinski definition) is 4. The summed E-state index contributed by atoms with van der Waals surface area (Å²) in [6, 6.07) is 6.28. The minimum absolute atomic E-state index is 0.0742. The fourth-order valence-corrected chi connectivity index (χ4v) is 1.33. The summed E-state index contributed by atoms with van der Waals surface area (Å²) in [6.07, 6.45) is 2.93. The summed E-state index contributed by atoms with van der Waals surface area (Å²) in [5.74, 6) is -0.233. The Morgan fingerprint density at radius 3 is 2.47 bits per heavy atom. The molecule has 0 saturated carbocycles. The van der Waals surface area contributed by atoms with Crippen molar-refractivity contribution in [2.24, 2.45) is 0 Å². The summed E-state index contributed by atoms with van der Waals surface area (Å²) in [5, 5.41) is 15.9. The topological polar surface area (TPSA) is 79.6 Å². The number of benzene rings is 1. The van der Waals surface area contributed by atoms with Gasteiger partial charge in [0.25, 0.3) is 0 Å². The van der Waals surface area contributed by atoms with Gasteiger partial charge < -0.3 is 14.6 Å². The molecule has 0 saturated heterocycles. The first-order chi connectivity index (χ1) is 9.13. The van der Waals surface area contributed by atoms with Crippen LogP contribution < -0.4 is 4.74 Å². The van der Waals surface area contributed by atoms with Gasteiger partial charge in [0, 0.05) is 0 Å². The molecule has 0 fully saturated rings. The Balaban J connectivity index is 2.17. The summed E-state index contributed by atoms with van der Waals surface area (Å²) < 4.78 is 10.5. The number of nitrogens with one attached hydrogen (secondary N) is 1. The van der Waals surface area contributed by atoms with Crippen LogP contribution in [0.25, 0.3) is 0 Å². The molecule has 5 nitrogen and oxygen atoms in total. The zero-order valence-electron chi connectivity index (χ0n) is 10.6. The van der Waals surface area contributed by atoms with Crippen LogP contribution in [0.2, 0.25) is 0 Å². The molecule has 0 aliphatic carbocycles. The van der Waals surface area contributed by atoms with Gasteiger partial charge in [-0.2, -0.15) is 0 Å². The van der Waals surface area contributed by atoms with Gasteiger partial charge >= 0.3 is 5.97 Å². The van der Waals surface area contributed by atoms with Gasteiger partial charge in [0.15, 0.2) is 0 Å². The zero-order chi connectivity index (χ0) is 14.1. The van der Waals surface area contributed by atoms with E-state index >= 15 is 0 Å². The molecule has 2 N–H and O–H groups in total. The Bertz CT molecular complexity index is 439. The minimum Gasteiger partial charge on any atom is -0.494 e. The van der Waals surface area contributed by atoms with Crippen molar-refractivity contribution >= 4 is 11.9 Å². The number of hydrogen-bond donors (Lipinski definition) is 2. The van der Waals surface area contributed by atoms with Crippen LogP contribution in [-0.2, 0) is 4.74 Å². The monoisotopic (exact) mass is 263 g/mol. The minimum atomic E-state index is -0.951. The molecular formula is C14H17NO4. The summed E-state index contributed by atoms with van der Waals surface area (Å²) in [5.41, 5.74) is 0.240. The highest BCUT2D eigenvalue weighted by atomic mass is 16.5. The van der Waals surface area contributed by atoms with Gasteiger partial charge in [0.05, 0.1) is 18.8 Å². The second-order valence-electron chi connectivity index (χ2n) is 3.80. The molecular weight excluding hydrogens is 246 g/mol. The molecule has 0 aliphatic heterocycles. The predicted molar refractivity (Wildman–Crippen MR) is 72.0 cm³/mol. The molecule has 0 bridgehead atoms. The molecule has 0 amide bonds. The van der Waals surface area contributed by atoms with E-state index in [1.165, 1.54) is 18.2 Å². The molecule has 0 aliphatic rings. The Kier molecular flexibility index (Phi) is 6.15. The molecule has 19 heavy (non-hydrogen) atoms. The SMILES string of the molecule is C=CC(=N)OCCCCOc1ccc(C(=O)O)cc1.